The summed E-state index contributed by atoms with van der Waals surface area (Å²) in [7, 11) is 0. The number of nitrogens with one attached hydrogen (secondary N) is 1. The Labute approximate surface area is 105 Å². The fourth-order valence-corrected chi connectivity index (χ4v) is 1.41. The molecule has 0 saturated carbocycles. The number of benzene rings is 1. The van der Waals surface area contributed by atoms with E-state index in [1.807, 2.05) is 0 Å². The third-order valence-electron chi connectivity index (χ3n) is 1.97. The Bertz CT molecular complexity index is 441. The SMILES string of the molecule is Cc1c(NC(=O)OC(C)(C)C)ccc(Cl)c1F. The molecule has 0 atom stereocenters. The third kappa shape index (κ3) is 3.89. The van der Waals surface area contributed by atoms with Gasteiger partial charge < -0.3 is 4.74 Å². The highest BCUT2D eigenvalue weighted by molar-refractivity contribution is 6.30. The summed E-state index contributed by atoms with van der Waals surface area (Å²) in [5.41, 5.74) is 0.0349. The first kappa shape index (κ1) is 13.8. The fourth-order valence-electron chi connectivity index (χ4n) is 1.20. The monoisotopic (exact) mass is 259 g/mol. The van der Waals surface area contributed by atoms with E-state index in [2.05, 4.69) is 5.32 Å². The largest absolute Gasteiger partial charge is 0.444 e. The van der Waals surface area contributed by atoms with Gasteiger partial charge in [0.2, 0.25) is 0 Å². The highest BCUT2D eigenvalue weighted by Gasteiger charge is 2.17. The normalized spacial score (nSPS) is 11.2. The van der Waals surface area contributed by atoms with Gasteiger partial charge >= 0.3 is 6.09 Å². The lowest BCUT2D eigenvalue weighted by atomic mass is 10.2. The van der Waals surface area contributed by atoms with Crippen LogP contribution in [-0.4, -0.2) is 11.7 Å². The van der Waals surface area contributed by atoms with Crippen LogP contribution in [0.15, 0.2) is 12.1 Å². The van der Waals surface area contributed by atoms with Crippen molar-refractivity contribution in [2.75, 3.05) is 5.32 Å². The molecule has 1 rings (SSSR count). The Morgan fingerprint density at radius 2 is 2.00 bits per heavy atom. The highest BCUT2D eigenvalue weighted by Crippen LogP contribution is 2.25. The number of amides is 1. The first-order valence-corrected chi connectivity index (χ1v) is 5.53. The molecule has 0 radical (unpaired) electrons. The van der Waals surface area contributed by atoms with Gasteiger partial charge in [-0.15, -0.1) is 0 Å². The number of hydrogen-bond donors (Lipinski definition) is 1. The summed E-state index contributed by atoms with van der Waals surface area (Å²) >= 11 is 5.61. The molecule has 0 saturated heterocycles. The first-order valence-electron chi connectivity index (χ1n) is 5.15. The summed E-state index contributed by atoms with van der Waals surface area (Å²) in [6.45, 7) is 6.79. The summed E-state index contributed by atoms with van der Waals surface area (Å²) < 4.78 is 18.5. The van der Waals surface area contributed by atoms with E-state index in [1.165, 1.54) is 19.1 Å². The van der Waals surface area contributed by atoms with Gasteiger partial charge in [-0.3, -0.25) is 5.32 Å². The van der Waals surface area contributed by atoms with Gasteiger partial charge in [0.05, 0.1) is 5.02 Å². The minimum atomic E-state index is -0.623. The molecule has 5 heteroatoms. The number of ether oxygens (including phenoxy) is 1. The van der Waals surface area contributed by atoms with E-state index in [4.69, 9.17) is 16.3 Å². The van der Waals surface area contributed by atoms with Crippen LogP contribution < -0.4 is 5.32 Å². The lowest BCUT2D eigenvalue weighted by molar-refractivity contribution is 0.0636. The van der Waals surface area contributed by atoms with Crippen molar-refractivity contribution in [2.24, 2.45) is 0 Å². The van der Waals surface area contributed by atoms with Gasteiger partial charge in [-0.2, -0.15) is 0 Å². The lowest BCUT2D eigenvalue weighted by Crippen LogP contribution is -2.27. The predicted octanol–water partition coefficient (Wildman–Crippen LogP) is 4.13. The molecule has 1 aromatic carbocycles. The van der Waals surface area contributed by atoms with Crippen LogP contribution in [0.5, 0.6) is 0 Å². The van der Waals surface area contributed by atoms with Crippen LogP contribution in [0.4, 0.5) is 14.9 Å². The van der Waals surface area contributed by atoms with E-state index < -0.39 is 17.5 Å². The number of carbonyl (C=O) groups excluding carboxylic acids is 1. The summed E-state index contributed by atoms with van der Waals surface area (Å²) in [6, 6.07) is 2.92. The number of rotatable bonds is 1. The summed E-state index contributed by atoms with van der Waals surface area (Å²) in [5.74, 6) is -0.541. The van der Waals surface area contributed by atoms with Crippen molar-refractivity contribution in [1.29, 1.82) is 0 Å². The number of anilines is 1. The average Bonchev–Trinajstić information content (AvgIpc) is 2.16. The molecule has 1 aromatic rings. The van der Waals surface area contributed by atoms with Crippen LogP contribution in [0.1, 0.15) is 26.3 Å². The summed E-state index contributed by atoms with van der Waals surface area (Å²) in [6.07, 6.45) is -0.623. The maximum absolute atomic E-state index is 13.5. The molecule has 0 unspecified atom stereocenters. The van der Waals surface area contributed by atoms with Gasteiger partial charge in [0.25, 0.3) is 0 Å². The van der Waals surface area contributed by atoms with Crippen molar-refractivity contribution in [3.63, 3.8) is 0 Å². The lowest BCUT2D eigenvalue weighted by Gasteiger charge is -2.20. The number of hydrogen-bond acceptors (Lipinski definition) is 2. The second kappa shape index (κ2) is 4.92. The maximum Gasteiger partial charge on any atom is 0.412 e. The predicted molar refractivity (Wildman–Crippen MR) is 66.0 cm³/mol. The van der Waals surface area contributed by atoms with E-state index in [9.17, 15) is 9.18 Å². The van der Waals surface area contributed by atoms with E-state index >= 15 is 0 Å². The molecule has 0 spiro atoms. The Morgan fingerprint density at radius 1 is 1.41 bits per heavy atom. The van der Waals surface area contributed by atoms with Crippen molar-refractivity contribution in [3.8, 4) is 0 Å². The van der Waals surface area contributed by atoms with E-state index in [0.717, 1.165) is 0 Å². The molecule has 1 amide bonds. The molecule has 17 heavy (non-hydrogen) atoms. The highest BCUT2D eigenvalue weighted by atomic mass is 35.5. The zero-order valence-electron chi connectivity index (χ0n) is 10.2. The molecule has 1 N–H and O–H groups in total. The van der Waals surface area contributed by atoms with Crippen molar-refractivity contribution in [3.05, 3.63) is 28.5 Å². The van der Waals surface area contributed by atoms with Crippen LogP contribution in [0.2, 0.25) is 5.02 Å². The van der Waals surface area contributed by atoms with Gasteiger partial charge in [-0.05, 0) is 39.8 Å². The molecule has 0 aliphatic carbocycles. The molecular formula is C12H15ClFNO2. The topological polar surface area (TPSA) is 38.3 Å². The molecular weight excluding hydrogens is 245 g/mol. The van der Waals surface area contributed by atoms with Crippen LogP contribution >= 0.6 is 11.6 Å². The molecule has 3 nitrogen and oxygen atoms in total. The van der Waals surface area contributed by atoms with Gasteiger partial charge in [0.15, 0.2) is 0 Å². The molecule has 0 aliphatic rings. The summed E-state index contributed by atoms with van der Waals surface area (Å²) in [4.78, 5) is 11.5. The maximum atomic E-state index is 13.5. The minimum absolute atomic E-state index is 0.0252. The molecule has 0 fully saturated rings. The summed E-state index contributed by atoms with van der Waals surface area (Å²) in [5, 5.41) is 2.50. The second-order valence-electron chi connectivity index (χ2n) is 4.66. The minimum Gasteiger partial charge on any atom is -0.444 e. The Morgan fingerprint density at radius 3 is 2.53 bits per heavy atom. The zero-order valence-corrected chi connectivity index (χ0v) is 11.0. The third-order valence-corrected chi connectivity index (χ3v) is 2.27. The van der Waals surface area contributed by atoms with E-state index in [1.54, 1.807) is 20.8 Å². The van der Waals surface area contributed by atoms with E-state index in [0.29, 0.717) is 5.69 Å². The first-order chi connectivity index (χ1) is 7.70. The van der Waals surface area contributed by atoms with Crippen molar-refractivity contribution in [2.45, 2.75) is 33.3 Å². The van der Waals surface area contributed by atoms with Crippen molar-refractivity contribution < 1.29 is 13.9 Å². The molecule has 0 bridgehead atoms. The zero-order chi connectivity index (χ0) is 13.2. The number of carbonyl (C=O) groups is 1. The van der Waals surface area contributed by atoms with Crippen molar-refractivity contribution in [1.82, 2.24) is 0 Å². The Hall–Kier alpha value is -1.29. The molecule has 0 heterocycles. The van der Waals surface area contributed by atoms with Gasteiger partial charge in [0.1, 0.15) is 11.4 Å². The van der Waals surface area contributed by atoms with Crippen LogP contribution in [0.3, 0.4) is 0 Å². The van der Waals surface area contributed by atoms with Crippen molar-refractivity contribution >= 4 is 23.4 Å². The van der Waals surface area contributed by atoms with Gasteiger partial charge in [0, 0.05) is 11.3 Å². The molecule has 0 aromatic heterocycles. The van der Waals surface area contributed by atoms with Crippen LogP contribution in [0.25, 0.3) is 0 Å². The van der Waals surface area contributed by atoms with Crippen LogP contribution in [-0.2, 0) is 4.74 Å². The average molecular weight is 260 g/mol. The quantitative estimate of drug-likeness (QED) is 0.823. The molecule has 0 aliphatic heterocycles. The Balaban J connectivity index is 2.83. The standard InChI is InChI=1S/C12H15ClFNO2/c1-7-9(6-5-8(13)10(7)14)15-11(16)17-12(2,3)4/h5-6H,1-4H3,(H,15,16). The second-order valence-corrected chi connectivity index (χ2v) is 5.07. The Kier molecular flexibility index (Phi) is 3.98. The smallest absolute Gasteiger partial charge is 0.412 e. The van der Waals surface area contributed by atoms with Gasteiger partial charge in [-0.25, -0.2) is 9.18 Å². The van der Waals surface area contributed by atoms with Crippen LogP contribution in [0, 0.1) is 12.7 Å². The number of halogens is 2. The fraction of sp³-hybridized carbons (Fsp3) is 0.417. The van der Waals surface area contributed by atoms with Gasteiger partial charge in [-0.1, -0.05) is 11.6 Å². The van der Waals surface area contributed by atoms with E-state index in [-0.39, 0.29) is 10.6 Å². The molecule has 94 valence electrons.